The number of carbonyl (C=O) groups excluding carboxylic acids is 3. The summed E-state index contributed by atoms with van der Waals surface area (Å²) in [6, 6.07) is 17.4. The summed E-state index contributed by atoms with van der Waals surface area (Å²) in [5.41, 5.74) is 4.86. The molecule has 3 aromatic rings. The lowest BCUT2D eigenvalue weighted by atomic mass is 9.91. The van der Waals surface area contributed by atoms with Gasteiger partial charge in [0.2, 0.25) is 0 Å². The molecule has 36 heavy (non-hydrogen) atoms. The molecule has 1 amide bonds. The van der Waals surface area contributed by atoms with Gasteiger partial charge in [-0.15, -0.1) is 0 Å². The van der Waals surface area contributed by atoms with Crippen LogP contribution in [0.1, 0.15) is 62.6 Å². The first kappa shape index (κ1) is 24.3. The zero-order valence-corrected chi connectivity index (χ0v) is 21.0. The zero-order valence-electron chi connectivity index (χ0n) is 21.0. The van der Waals surface area contributed by atoms with Crippen LogP contribution >= 0.6 is 0 Å². The smallest absolute Gasteiger partial charge is 0.415 e. The Bertz CT molecular complexity index is 1260. The van der Waals surface area contributed by atoms with Crippen molar-refractivity contribution in [3.8, 4) is 0 Å². The highest BCUT2D eigenvalue weighted by Crippen LogP contribution is 2.42. The minimum atomic E-state index is -0.353. The Labute approximate surface area is 211 Å². The fraction of sp³-hybridized carbons (Fsp3) is 0.448. The average Bonchev–Trinajstić information content (AvgIpc) is 3.60. The number of amides is 1. The first-order valence-corrected chi connectivity index (χ1v) is 12.8. The van der Waals surface area contributed by atoms with Gasteiger partial charge in [0, 0.05) is 61.3 Å². The molecule has 6 rings (SSSR count). The Balaban J connectivity index is 0.000000848. The van der Waals surface area contributed by atoms with E-state index in [0.29, 0.717) is 12.6 Å². The highest BCUT2D eigenvalue weighted by atomic mass is 16.6. The van der Waals surface area contributed by atoms with Crippen LogP contribution in [0.4, 0.5) is 10.5 Å². The number of likely N-dealkylation sites (tertiary alicyclic amines) is 1. The van der Waals surface area contributed by atoms with Gasteiger partial charge in [-0.2, -0.15) is 9.59 Å². The maximum atomic E-state index is 12.6. The highest BCUT2D eigenvalue weighted by Gasteiger charge is 2.47. The predicted molar refractivity (Wildman–Crippen MR) is 137 cm³/mol. The Morgan fingerprint density at radius 3 is 2.39 bits per heavy atom. The van der Waals surface area contributed by atoms with Gasteiger partial charge < -0.3 is 9.30 Å². The average molecular weight is 488 g/mol. The van der Waals surface area contributed by atoms with Gasteiger partial charge in [0.15, 0.2) is 0 Å². The van der Waals surface area contributed by atoms with Crippen LogP contribution in [-0.2, 0) is 20.9 Å². The van der Waals surface area contributed by atoms with Crippen molar-refractivity contribution in [2.45, 2.75) is 63.6 Å². The van der Waals surface area contributed by atoms with Crippen LogP contribution in [0.2, 0.25) is 0 Å². The second-order valence-electron chi connectivity index (χ2n) is 10.5. The second kappa shape index (κ2) is 9.92. The van der Waals surface area contributed by atoms with Crippen molar-refractivity contribution in [2.24, 2.45) is 0 Å². The number of carbonyl (C=O) groups is 1. The van der Waals surface area contributed by atoms with Crippen molar-refractivity contribution in [1.29, 1.82) is 0 Å². The fourth-order valence-corrected chi connectivity index (χ4v) is 5.61. The molecule has 1 saturated carbocycles. The number of ether oxygens (including phenoxy) is 1. The fourth-order valence-electron chi connectivity index (χ4n) is 5.61. The van der Waals surface area contributed by atoms with Crippen LogP contribution in [-0.4, -0.2) is 46.9 Å². The largest absolute Gasteiger partial charge is 0.441 e. The van der Waals surface area contributed by atoms with Crippen molar-refractivity contribution >= 4 is 28.8 Å². The molecule has 7 heteroatoms. The number of anilines is 1. The standard InChI is InChI=1S/C28H33N3O2.CO2/c1-20(2)30-18-23(25-11-10-22(16-26(25)30)21-8-9-21)17-29-14-12-28(13-15-29)19-31(27(32)33-28)24-6-4-3-5-7-24;2-1-3/h3-7,10-11,16,18,20-21H,8-9,12-15,17,19H2,1-2H3;. The van der Waals surface area contributed by atoms with E-state index in [0.717, 1.165) is 44.1 Å². The normalized spacial score (nSPS) is 19.3. The summed E-state index contributed by atoms with van der Waals surface area (Å²) in [6.45, 7) is 8.04. The molecule has 0 radical (unpaired) electrons. The summed E-state index contributed by atoms with van der Waals surface area (Å²) in [6.07, 6.45) is 6.85. The third-order valence-corrected chi connectivity index (χ3v) is 7.75. The van der Waals surface area contributed by atoms with Gasteiger partial charge in [-0.3, -0.25) is 9.80 Å². The molecule has 2 aromatic carbocycles. The van der Waals surface area contributed by atoms with Gasteiger partial charge in [-0.1, -0.05) is 30.3 Å². The quantitative estimate of drug-likeness (QED) is 0.475. The highest BCUT2D eigenvalue weighted by molar-refractivity contribution is 5.90. The first-order chi connectivity index (χ1) is 17.4. The van der Waals surface area contributed by atoms with Crippen LogP contribution in [0, 0.1) is 0 Å². The summed E-state index contributed by atoms with van der Waals surface area (Å²) < 4.78 is 8.40. The molecule has 1 aromatic heterocycles. The van der Waals surface area contributed by atoms with Gasteiger partial charge in [-0.05, 0) is 61.9 Å². The van der Waals surface area contributed by atoms with E-state index in [1.54, 1.807) is 4.90 Å². The van der Waals surface area contributed by atoms with Crippen LogP contribution in [0.5, 0.6) is 0 Å². The molecule has 1 aliphatic carbocycles. The minimum Gasteiger partial charge on any atom is -0.441 e. The van der Waals surface area contributed by atoms with Crippen molar-refractivity contribution in [2.75, 3.05) is 24.5 Å². The van der Waals surface area contributed by atoms with E-state index in [1.165, 1.54) is 34.9 Å². The number of hydrogen-bond donors (Lipinski definition) is 0. The number of aromatic nitrogens is 1. The molecular weight excluding hydrogens is 454 g/mol. The van der Waals surface area contributed by atoms with E-state index in [9.17, 15) is 4.79 Å². The molecule has 0 N–H and O–H groups in total. The lowest BCUT2D eigenvalue weighted by molar-refractivity contribution is -0.191. The molecule has 7 nitrogen and oxygen atoms in total. The Morgan fingerprint density at radius 2 is 1.75 bits per heavy atom. The molecule has 0 unspecified atom stereocenters. The number of fused-ring (bicyclic) bond motifs is 1. The second-order valence-corrected chi connectivity index (χ2v) is 10.5. The zero-order chi connectivity index (χ0) is 25.3. The van der Waals surface area contributed by atoms with E-state index < -0.39 is 0 Å². The number of benzene rings is 2. The number of nitrogens with zero attached hydrogens (tertiary/aromatic N) is 3. The number of piperidine rings is 1. The maximum Gasteiger partial charge on any atom is 0.415 e. The first-order valence-electron chi connectivity index (χ1n) is 12.8. The van der Waals surface area contributed by atoms with Crippen molar-refractivity contribution in [3.63, 3.8) is 0 Å². The van der Waals surface area contributed by atoms with Crippen LogP contribution in [0.3, 0.4) is 0 Å². The van der Waals surface area contributed by atoms with E-state index in [1.807, 2.05) is 30.3 Å². The van der Waals surface area contributed by atoms with E-state index in [4.69, 9.17) is 14.3 Å². The third kappa shape index (κ3) is 4.81. The minimum absolute atomic E-state index is 0.207. The van der Waals surface area contributed by atoms with E-state index >= 15 is 0 Å². The van der Waals surface area contributed by atoms with Crippen molar-refractivity contribution in [3.05, 3.63) is 65.9 Å². The van der Waals surface area contributed by atoms with E-state index in [-0.39, 0.29) is 17.8 Å². The molecular formula is C29H33N3O4. The Kier molecular flexibility index (Phi) is 6.69. The summed E-state index contributed by atoms with van der Waals surface area (Å²) >= 11 is 0. The molecule has 3 heterocycles. The van der Waals surface area contributed by atoms with Gasteiger partial charge >= 0.3 is 12.2 Å². The lowest BCUT2D eigenvalue weighted by Gasteiger charge is -2.37. The number of para-hydroxylation sites is 1. The van der Waals surface area contributed by atoms with Crippen LogP contribution < -0.4 is 4.90 Å². The van der Waals surface area contributed by atoms with Crippen molar-refractivity contribution < 1.29 is 19.1 Å². The van der Waals surface area contributed by atoms with Gasteiger partial charge in [0.25, 0.3) is 0 Å². The lowest BCUT2D eigenvalue weighted by Crippen LogP contribution is -2.46. The van der Waals surface area contributed by atoms with Gasteiger partial charge in [0.05, 0.1) is 6.54 Å². The van der Waals surface area contributed by atoms with Crippen molar-refractivity contribution in [1.82, 2.24) is 9.47 Å². The predicted octanol–water partition coefficient (Wildman–Crippen LogP) is 5.51. The summed E-state index contributed by atoms with van der Waals surface area (Å²) in [4.78, 5) is 33.2. The molecule has 2 aliphatic heterocycles. The summed E-state index contributed by atoms with van der Waals surface area (Å²) in [7, 11) is 0. The third-order valence-electron chi connectivity index (χ3n) is 7.75. The molecule has 188 valence electrons. The van der Waals surface area contributed by atoms with E-state index in [2.05, 4.69) is 47.7 Å². The molecule has 0 atom stereocenters. The molecule has 3 aliphatic rings. The maximum absolute atomic E-state index is 12.6. The van der Waals surface area contributed by atoms with Crippen LogP contribution in [0.15, 0.2) is 54.7 Å². The van der Waals surface area contributed by atoms with Crippen LogP contribution in [0.25, 0.3) is 10.9 Å². The summed E-state index contributed by atoms with van der Waals surface area (Å²) in [5.74, 6) is 0.774. The van der Waals surface area contributed by atoms with Gasteiger partial charge in [-0.25, -0.2) is 4.79 Å². The van der Waals surface area contributed by atoms with Gasteiger partial charge in [0.1, 0.15) is 5.60 Å². The Morgan fingerprint density at radius 1 is 1.06 bits per heavy atom. The molecule has 3 fully saturated rings. The molecule has 2 saturated heterocycles. The number of hydrogen-bond acceptors (Lipinski definition) is 5. The summed E-state index contributed by atoms with van der Waals surface area (Å²) in [5, 5.41) is 1.39. The molecule has 1 spiro atoms. The molecule has 0 bridgehead atoms. The topological polar surface area (TPSA) is 71.8 Å². The Hall–Kier alpha value is -3.41. The monoisotopic (exact) mass is 487 g/mol. The SMILES string of the molecule is CC(C)n1cc(CN2CCC3(CC2)CN(c2ccccc2)C(=O)O3)c2ccc(C3CC3)cc21.O=C=O. The number of rotatable bonds is 5.